The summed E-state index contributed by atoms with van der Waals surface area (Å²) in [6.45, 7) is -0.113. The summed E-state index contributed by atoms with van der Waals surface area (Å²) in [5, 5.41) is 12.1. The zero-order valence-corrected chi connectivity index (χ0v) is 7.64. The number of nitroso groups, excluding NO2 is 1. The number of aromatic hydroxyl groups is 1. The summed E-state index contributed by atoms with van der Waals surface area (Å²) in [6.07, 6.45) is 0. The van der Waals surface area contributed by atoms with Gasteiger partial charge in [0.2, 0.25) is 5.78 Å². The third-order valence-electron chi connectivity index (χ3n) is 2.18. The number of ketones is 1. The number of carbonyl (C=O) groups excluding carboxylic acids is 1. The number of nitrogen functional groups attached to an aromatic ring is 1. The van der Waals surface area contributed by atoms with Crippen LogP contribution >= 0.6 is 0 Å². The van der Waals surface area contributed by atoms with E-state index in [9.17, 15) is 14.8 Å². The Bertz CT molecular complexity index is 444. The van der Waals surface area contributed by atoms with E-state index >= 15 is 0 Å². The van der Waals surface area contributed by atoms with E-state index in [1.807, 2.05) is 0 Å². The zero-order chi connectivity index (χ0) is 11.0. The quantitative estimate of drug-likeness (QED) is 0.522. The van der Waals surface area contributed by atoms with E-state index in [0.717, 1.165) is 0 Å². The van der Waals surface area contributed by atoms with Crippen LogP contribution in [0.4, 0.5) is 5.69 Å². The monoisotopic (exact) mass is 208 g/mol. The molecule has 1 aromatic carbocycles. The summed E-state index contributed by atoms with van der Waals surface area (Å²) in [4.78, 5) is 21.9. The van der Waals surface area contributed by atoms with Gasteiger partial charge in [-0.1, -0.05) is 5.18 Å². The Morgan fingerprint density at radius 1 is 1.53 bits per heavy atom. The summed E-state index contributed by atoms with van der Waals surface area (Å²) in [5.41, 5.74) is 5.72. The van der Waals surface area contributed by atoms with E-state index in [2.05, 4.69) is 5.18 Å². The Kier molecular flexibility index (Phi) is 2.03. The van der Waals surface area contributed by atoms with Crippen LogP contribution in [0.1, 0.15) is 10.4 Å². The van der Waals surface area contributed by atoms with E-state index in [4.69, 9.17) is 10.5 Å². The second-order valence-corrected chi connectivity index (χ2v) is 3.21. The van der Waals surface area contributed by atoms with Crippen LogP contribution in [0.5, 0.6) is 11.5 Å². The highest BCUT2D eigenvalue weighted by atomic mass is 16.5. The van der Waals surface area contributed by atoms with E-state index in [-0.39, 0.29) is 29.4 Å². The Morgan fingerprint density at radius 2 is 2.27 bits per heavy atom. The van der Waals surface area contributed by atoms with Gasteiger partial charge in [-0.25, -0.2) is 0 Å². The van der Waals surface area contributed by atoms with E-state index in [1.54, 1.807) is 0 Å². The molecular formula is C9H8N2O4. The predicted molar refractivity (Wildman–Crippen MR) is 51.9 cm³/mol. The maximum Gasteiger partial charge on any atom is 0.201 e. The number of carbonyl (C=O) groups is 1. The summed E-state index contributed by atoms with van der Waals surface area (Å²) in [7, 11) is 0. The lowest BCUT2D eigenvalue weighted by Gasteiger charge is -2.20. The van der Waals surface area contributed by atoms with Gasteiger partial charge < -0.3 is 15.6 Å². The van der Waals surface area contributed by atoms with Gasteiger partial charge >= 0.3 is 0 Å². The van der Waals surface area contributed by atoms with Crippen molar-refractivity contribution in [3.8, 4) is 11.5 Å². The first kappa shape index (κ1) is 9.45. The molecule has 0 unspecified atom stereocenters. The Balaban J connectivity index is 2.56. The minimum absolute atomic E-state index is 0.0277. The molecule has 0 saturated heterocycles. The van der Waals surface area contributed by atoms with Gasteiger partial charge in [-0.2, -0.15) is 0 Å². The average Bonchev–Trinajstić information content (AvgIpc) is 2.17. The number of rotatable bonds is 1. The number of hydrogen-bond donors (Lipinski definition) is 2. The molecule has 3 N–H and O–H groups in total. The fraction of sp³-hybridized carbons (Fsp3) is 0.222. The van der Waals surface area contributed by atoms with Gasteiger partial charge in [0.05, 0.1) is 0 Å². The highest BCUT2D eigenvalue weighted by molar-refractivity contribution is 6.06. The van der Waals surface area contributed by atoms with Crippen molar-refractivity contribution in [2.45, 2.75) is 6.04 Å². The van der Waals surface area contributed by atoms with Gasteiger partial charge in [0, 0.05) is 17.8 Å². The lowest BCUT2D eigenvalue weighted by atomic mass is 10.00. The number of phenols is 1. The largest absolute Gasteiger partial charge is 0.507 e. The van der Waals surface area contributed by atoms with Gasteiger partial charge in [-0.3, -0.25) is 4.79 Å². The second kappa shape index (κ2) is 3.23. The van der Waals surface area contributed by atoms with Crippen LogP contribution < -0.4 is 10.5 Å². The number of ether oxygens (including phenoxy) is 1. The van der Waals surface area contributed by atoms with Crippen molar-refractivity contribution in [3.05, 3.63) is 22.6 Å². The molecule has 78 valence electrons. The van der Waals surface area contributed by atoms with Gasteiger partial charge in [0.1, 0.15) is 23.7 Å². The first-order valence-electron chi connectivity index (χ1n) is 4.25. The van der Waals surface area contributed by atoms with Gasteiger partial charge in [-0.05, 0) is 0 Å². The summed E-state index contributed by atoms with van der Waals surface area (Å²) >= 11 is 0. The average molecular weight is 208 g/mol. The third-order valence-corrected chi connectivity index (χ3v) is 2.18. The van der Waals surface area contributed by atoms with Crippen LogP contribution in [0.2, 0.25) is 0 Å². The van der Waals surface area contributed by atoms with Gasteiger partial charge in [0.25, 0.3) is 0 Å². The lowest BCUT2D eigenvalue weighted by Crippen LogP contribution is -2.31. The molecule has 0 aromatic heterocycles. The number of anilines is 1. The molecule has 0 aliphatic carbocycles. The third kappa shape index (κ3) is 1.39. The molecule has 1 aliphatic heterocycles. The van der Waals surface area contributed by atoms with Crippen LogP contribution in [0.3, 0.4) is 0 Å². The molecule has 1 aromatic rings. The Morgan fingerprint density at radius 3 is 2.93 bits per heavy atom. The van der Waals surface area contributed by atoms with Gasteiger partial charge in [-0.15, -0.1) is 4.91 Å². The minimum Gasteiger partial charge on any atom is -0.507 e. The summed E-state index contributed by atoms with van der Waals surface area (Å²) in [6, 6.07) is 1.56. The number of hydrogen-bond acceptors (Lipinski definition) is 6. The molecule has 0 bridgehead atoms. The van der Waals surface area contributed by atoms with Crippen molar-refractivity contribution >= 4 is 11.5 Å². The number of phenolic OH excluding ortho intramolecular Hbond substituents is 1. The second-order valence-electron chi connectivity index (χ2n) is 3.21. The molecular weight excluding hydrogens is 200 g/mol. The molecule has 2 rings (SSSR count). The van der Waals surface area contributed by atoms with Crippen LogP contribution in [0.25, 0.3) is 0 Å². The van der Waals surface area contributed by atoms with Crippen molar-refractivity contribution < 1.29 is 14.6 Å². The zero-order valence-electron chi connectivity index (χ0n) is 7.64. The normalized spacial score (nSPS) is 19.2. The molecule has 6 heteroatoms. The highest BCUT2D eigenvalue weighted by Crippen LogP contribution is 2.35. The predicted octanol–water partition coefficient (Wildman–Crippen LogP) is 0.685. The fourth-order valence-corrected chi connectivity index (χ4v) is 1.47. The number of fused-ring (bicyclic) bond motifs is 1. The van der Waals surface area contributed by atoms with Crippen molar-refractivity contribution in [1.82, 2.24) is 0 Å². The van der Waals surface area contributed by atoms with E-state index < -0.39 is 11.8 Å². The molecule has 1 atom stereocenters. The molecule has 0 amide bonds. The van der Waals surface area contributed by atoms with Gasteiger partial charge in [0.15, 0.2) is 6.04 Å². The molecule has 1 aliphatic rings. The topological polar surface area (TPSA) is 102 Å². The SMILES string of the molecule is Nc1cc(O)c2c(c1)OC[C@H](N=O)C2=O. The number of benzene rings is 1. The first-order chi connectivity index (χ1) is 7.13. The highest BCUT2D eigenvalue weighted by Gasteiger charge is 2.32. The van der Waals surface area contributed by atoms with E-state index in [1.165, 1.54) is 12.1 Å². The first-order valence-corrected chi connectivity index (χ1v) is 4.25. The molecule has 0 saturated carbocycles. The smallest absolute Gasteiger partial charge is 0.201 e. The molecule has 0 fully saturated rings. The number of nitrogens with two attached hydrogens (primary N) is 1. The van der Waals surface area contributed by atoms with Crippen molar-refractivity contribution in [3.63, 3.8) is 0 Å². The standard InChI is InChI=1S/C9H8N2O4/c10-4-1-6(12)8-7(2-4)15-3-5(11-14)9(8)13/h1-2,5,12H,3,10H2/t5-/m0/s1. The van der Waals surface area contributed by atoms with Crippen LogP contribution in [0, 0.1) is 4.91 Å². The summed E-state index contributed by atoms with van der Waals surface area (Å²) in [5.74, 6) is -0.635. The van der Waals surface area contributed by atoms with Crippen molar-refractivity contribution in [2.75, 3.05) is 12.3 Å². The van der Waals surface area contributed by atoms with E-state index in [0.29, 0.717) is 0 Å². The fourth-order valence-electron chi connectivity index (χ4n) is 1.47. The van der Waals surface area contributed by atoms with Crippen LogP contribution in [0.15, 0.2) is 17.3 Å². The van der Waals surface area contributed by atoms with Crippen molar-refractivity contribution in [1.29, 1.82) is 0 Å². The number of nitrogens with zero attached hydrogens (tertiary/aromatic N) is 1. The molecule has 0 spiro atoms. The molecule has 6 nitrogen and oxygen atoms in total. The maximum absolute atomic E-state index is 11.6. The molecule has 15 heavy (non-hydrogen) atoms. The Hall–Kier alpha value is -2.11. The van der Waals surface area contributed by atoms with Crippen LogP contribution in [-0.2, 0) is 0 Å². The summed E-state index contributed by atoms with van der Waals surface area (Å²) < 4.78 is 5.10. The maximum atomic E-state index is 11.6. The molecule has 1 heterocycles. The van der Waals surface area contributed by atoms with Crippen molar-refractivity contribution in [2.24, 2.45) is 5.18 Å². The van der Waals surface area contributed by atoms with Crippen LogP contribution in [-0.4, -0.2) is 23.5 Å². The minimum atomic E-state index is -1.09. The lowest BCUT2D eigenvalue weighted by molar-refractivity contribution is 0.0897. The Labute approximate surface area is 84.6 Å². The molecule has 0 radical (unpaired) electrons. The number of Topliss-reactive ketones (excluding diaryl/α,β-unsaturated/α-hetero) is 1.